The molecule has 2 heterocycles. The van der Waals surface area contributed by atoms with Gasteiger partial charge < -0.3 is 20.2 Å². The fourth-order valence-corrected chi connectivity index (χ4v) is 2.16. The molecule has 0 aliphatic carbocycles. The monoisotopic (exact) mass is 232 g/mol. The number of nitrogens with two attached hydrogens (primary N) is 1. The van der Waals surface area contributed by atoms with Crippen LogP contribution in [-0.2, 0) is 6.42 Å². The van der Waals surface area contributed by atoms with Crippen molar-refractivity contribution in [3.05, 3.63) is 23.9 Å². The van der Waals surface area contributed by atoms with Crippen LogP contribution in [0.5, 0.6) is 11.5 Å². The van der Waals surface area contributed by atoms with Crippen LogP contribution in [0.2, 0.25) is 0 Å². The van der Waals surface area contributed by atoms with Gasteiger partial charge in [0, 0.05) is 29.2 Å². The smallest absolute Gasteiger partial charge is 0.231 e. The van der Waals surface area contributed by atoms with E-state index in [-0.39, 0.29) is 6.04 Å². The van der Waals surface area contributed by atoms with Gasteiger partial charge in [0.15, 0.2) is 11.5 Å². The van der Waals surface area contributed by atoms with E-state index in [1.54, 1.807) is 0 Å². The lowest BCUT2D eigenvalue weighted by molar-refractivity contribution is 0.174. The maximum atomic E-state index is 5.79. The van der Waals surface area contributed by atoms with Crippen LogP contribution in [0.25, 0.3) is 10.9 Å². The van der Waals surface area contributed by atoms with Crippen molar-refractivity contribution in [3.63, 3.8) is 0 Å². The Hall–Kier alpha value is -1.68. The van der Waals surface area contributed by atoms with Crippen LogP contribution in [0.4, 0.5) is 0 Å². The van der Waals surface area contributed by atoms with Gasteiger partial charge in [-0.3, -0.25) is 0 Å². The number of aryl methyl sites for hydroxylation is 1. The number of rotatable bonds is 3. The first-order chi connectivity index (χ1) is 8.24. The van der Waals surface area contributed by atoms with Crippen LogP contribution >= 0.6 is 0 Å². The van der Waals surface area contributed by atoms with Gasteiger partial charge in [-0.1, -0.05) is 0 Å². The van der Waals surface area contributed by atoms with Gasteiger partial charge in [-0.2, -0.15) is 0 Å². The molecule has 0 spiro atoms. The highest BCUT2D eigenvalue weighted by molar-refractivity contribution is 5.86. The number of hydrogen-bond donors (Lipinski definition) is 2. The third kappa shape index (κ3) is 1.85. The molecule has 0 fully saturated rings. The molecule has 0 bridgehead atoms. The second-order valence-corrected chi connectivity index (χ2v) is 4.58. The molecular formula is C13H16N2O2. The molecule has 1 aliphatic rings. The molecule has 4 heteroatoms. The quantitative estimate of drug-likeness (QED) is 0.852. The van der Waals surface area contributed by atoms with E-state index in [4.69, 9.17) is 15.2 Å². The molecule has 3 rings (SSSR count). The van der Waals surface area contributed by atoms with Crippen LogP contribution in [-0.4, -0.2) is 17.8 Å². The van der Waals surface area contributed by atoms with Crippen molar-refractivity contribution in [2.45, 2.75) is 25.8 Å². The fraction of sp³-hybridized carbons (Fsp3) is 0.385. The fourth-order valence-electron chi connectivity index (χ4n) is 2.16. The summed E-state index contributed by atoms with van der Waals surface area (Å²) in [6.45, 7) is 2.35. The maximum Gasteiger partial charge on any atom is 0.231 e. The Labute approximate surface area is 99.7 Å². The van der Waals surface area contributed by atoms with Gasteiger partial charge in [0.1, 0.15) is 0 Å². The van der Waals surface area contributed by atoms with Gasteiger partial charge >= 0.3 is 0 Å². The third-order valence-corrected chi connectivity index (χ3v) is 3.13. The summed E-state index contributed by atoms with van der Waals surface area (Å²) in [5, 5.41) is 1.20. The second-order valence-electron chi connectivity index (χ2n) is 4.58. The van der Waals surface area contributed by atoms with Crippen LogP contribution in [0.3, 0.4) is 0 Å². The number of H-pyrrole nitrogens is 1. The van der Waals surface area contributed by atoms with Crippen molar-refractivity contribution in [1.29, 1.82) is 0 Å². The lowest BCUT2D eigenvalue weighted by Gasteiger charge is -2.04. The highest BCUT2D eigenvalue weighted by Gasteiger charge is 2.16. The van der Waals surface area contributed by atoms with Crippen molar-refractivity contribution < 1.29 is 9.47 Å². The number of fused-ring (bicyclic) bond motifs is 2. The first-order valence-corrected chi connectivity index (χ1v) is 5.89. The highest BCUT2D eigenvalue weighted by atomic mass is 16.7. The van der Waals surface area contributed by atoms with Crippen molar-refractivity contribution in [2.75, 3.05) is 6.79 Å². The number of nitrogens with one attached hydrogen (secondary N) is 1. The highest BCUT2D eigenvalue weighted by Crippen LogP contribution is 2.37. The molecule has 17 heavy (non-hydrogen) atoms. The zero-order chi connectivity index (χ0) is 11.8. The van der Waals surface area contributed by atoms with Crippen molar-refractivity contribution >= 4 is 10.9 Å². The minimum absolute atomic E-state index is 0.231. The summed E-state index contributed by atoms with van der Waals surface area (Å²) < 4.78 is 10.7. The molecule has 1 aliphatic heterocycles. The number of benzene rings is 1. The molecular weight excluding hydrogens is 216 g/mol. The van der Waals surface area contributed by atoms with Gasteiger partial charge in [-0.25, -0.2) is 0 Å². The van der Waals surface area contributed by atoms with E-state index in [9.17, 15) is 0 Å². The predicted octanol–water partition coefficient (Wildman–Crippen LogP) is 2.18. The normalized spacial score (nSPS) is 15.4. The Balaban J connectivity index is 1.97. The summed E-state index contributed by atoms with van der Waals surface area (Å²) >= 11 is 0. The van der Waals surface area contributed by atoms with Crippen LogP contribution in [0.1, 0.15) is 18.9 Å². The first-order valence-electron chi connectivity index (χ1n) is 5.89. The Morgan fingerprint density at radius 3 is 2.88 bits per heavy atom. The molecule has 0 saturated heterocycles. The maximum absolute atomic E-state index is 5.79. The number of aromatic amines is 1. The minimum atomic E-state index is 0.231. The van der Waals surface area contributed by atoms with Gasteiger partial charge in [-0.15, -0.1) is 0 Å². The zero-order valence-corrected chi connectivity index (χ0v) is 9.82. The van der Waals surface area contributed by atoms with Crippen molar-refractivity contribution in [3.8, 4) is 11.5 Å². The van der Waals surface area contributed by atoms with Crippen LogP contribution in [0.15, 0.2) is 18.3 Å². The Morgan fingerprint density at radius 1 is 1.35 bits per heavy atom. The van der Waals surface area contributed by atoms with E-state index < -0.39 is 0 Å². The predicted molar refractivity (Wildman–Crippen MR) is 66.4 cm³/mol. The van der Waals surface area contributed by atoms with Gasteiger partial charge in [0.25, 0.3) is 0 Å². The molecule has 1 unspecified atom stereocenters. The molecule has 1 atom stereocenters. The lowest BCUT2D eigenvalue weighted by Crippen LogP contribution is -2.15. The second kappa shape index (κ2) is 3.96. The molecule has 3 N–H and O–H groups in total. The van der Waals surface area contributed by atoms with E-state index in [2.05, 4.69) is 4.98 Å². The molecule has 0 radical (unpaired) electrons. The molecule has 0 amide bonds. The number of hydrogen-bond acceptors (Lipinski definition) is 3. The standard InChI is InChI=1S/C13H16N2O2/c1-8(14)2-3-9-6-15-11-5-13-12(4-10(9)11)16-7-17-13/h4-6,8,15H,2-3,7,14H2,1H3. The lowest BCUT2D eigenvalue weighted by atomic mass is 10.1. The largest absolute Gasteiger partial charge is 0.454 e. The van der Waals surface area contributed by atoms with E-state index in [1.807, 2.05) is 25.3 Å². The zero-order valence-electron chi connectivity index (χ0n) is 9.82. The Morgan fingerprint density at radius 2 is 2.12 bits per heavy atom. The van der Waals surface area contributed by atoms with Gasteiger partial charge in [0.05, 0.1) is 0 Å². The summed E-state index contributed by atoms with van der Waals surface area (Å²) in [5.74, 6) is 1.65. The third-order valence-electron chi connectivity index (χ3n) is 3.13. The Kier molecular flexibility index (Phi) is 2.44. The molecule has 1 aromatic carbocycles. The van der Waals surface area contributed by atoms with Gasteiger partial charge in [-0.05, 0) is 31.4 Å². The van der Waals surface area contributed by atoms with E-state index in [0.717, 1.165) is 29.9 Å². The first kappa shape index (κ1) is 10.5. The van der Waals surface area contributed by atoms with Crippen LogP contribution in [0, 0.1) is 0 Å². The Bertz CT molecular complexity index is 546. The average Bonchev–Trinajstić information content (AvgIpc) is 2.88. The molecule has 0 saturated carbocycles. The average molecular weight is 232 g/mol. The minimum Gasteiger partial charge on any atom is -0.454 e. The molecule has 1 aromatic heterocycles. The topological polar surface area (TPSA) is 60.3 Å². The van der Waals surface area contributed by atoms with E-state index in [1.165, 1.54) is 10.9 Å². The molecule has 2 aromatic rings. The van der Waals surface area contributed by atoms with Gasteiger partial charge in [0.2, 0.25) is 6.79 Å². The van der Waals surface area contributed by atoms with Crippen LogP contribution < -0.4 is 15.2 Å². The summed E-state index contributed by atoms with van der Waals surface area (Å²) in [6, 6.07) is 4.27. The molecule has 4 nitrogen and oxygen atoms in total. The van der Waals surface area contributed by atoms with Crippen molar-refractivity contribution in [2.24, 2.45) is 5.73 Å². The van der Waals surface area contributed by atoms with E-state index in [0.29, 0.717) is 6.79 Å². The summed E-state index contributed by atoms with van der Waals surface area (Å²) in [7, 11) is 0. The van der Waals surface area contributed by atoms with E-state index >= 15 is 0 Å². The number of ether oxygens (including phenoxy) is 2. The van der Waals surface area contributed by atoms with Crippen molar-refractivity contribution in [1.82, 2.24) is 4.98 Å². The number of aromatic nitrogens is 1. The summed E-state index contributed by atoms with van der Waals surface area (Å²) in [4.78, 5) is 3.27. The summed E-state index contributed by atoms with van der Waals surface area (Å²) in [5.41, 5.74) is 8.17. The summed E-state index contributed by atoms with van der Waals surface area (Å²) in [6.07, 6.45) is 4.01. The molecule has 90 valence electrons. The SMILES string of the molecule is CC(N)CCc1c[nH]c2cc3c(cc12)OCO3.